The Morgan fingerprint density at radius 2 is 1.81 bits per heavy atom. The van der Waals surface area contributed by atoms with Gasteiger partial charge in [0.25, 0.3) is 5.91 Å². The fourth-order valence-electron chi connectivity index (χ4n) is 3.92. The van der Waals surface area contributed by atoms with Gasteiger partial charge in [-0.25, -0.2) is 0 Å². The number of anilines is 1. The number of hydrogen-bond acceptors (Lipinski definition) is 4. The van der Waals surface area contributed by atoms with Gasteiger partial charge in [-0.2, -0.15) is 5.10 Å². The molecular formula is C25H29ClN4O2. The standard InChI is InChI=1S/C25H29ClN4O2/c1-17-5-6-20(15-18(17)2)23-16-24(28-27-23)29-11-4-12-30(14-13-29)25(31)19(3)32-22-9-7-21(26)8-10-22/h5-10,15-16,19H,4,11-14H2,1-3H3,(H,27,28)/t19-/m0/s1. The molecule has 7 heteroatoms. The summed E-state index contributed by atoms with van der Waals surface area (Å²) in [7, 11) is 0. The van der Waals surface area contributed by atoms with E-state index in [9.17, 15) is 4.79 Å². The van der Waals surface area contributed by atoms with E-state index in [1.54, 1.807) is 31.2 Å². The molecule has 2 heterocycles. The maximum absolute atomic E-state index is 12.9. The number of amides is 1. The van der Waals surface area contributed by atoms with E-state index in [1.807, 2.05) is 4.90 Å². The summed E-state index contributed by atoms with van der Waals surface area (Å²) in [4.78, 5) is 17.1. The summed E-state index contributed by atoms with van der Waals surface area (Å²) in [5, 5.41) is 8.35. The number of hydrogen-bond donors (Lipinski definition) is 1. The van der Waals surface area contributed by atoms with Crippen LogP contribution >= 0.6 is 11.6 Å². The Kier molecular flexibility index (Phi) is 6.70. The highest BCUT2D eigenvalue weighted by molar-refractivity contribution is 6.30. The molecule has 0 spiro atoms. The van der Waals surface area contributed by atoms with Crippen LogP contribution in [0.25, 0.3) is 11.3 Å². The van der Waals surface area contributed by atoms with Crippen molar-refractivity contribution in [1.29, 1.82) is 0 Å². The van der Waals surface area contributed by atoms with E-state index in [2.05, 4.69) is 53.2 Å². The fraction of sp³-hybridized carbons (Fsp3) is 0.360. The number of aromatic amines is 1. The molecule has 32 heavy (non-hydrogen) atoms. The van der Waals surface area contributed by atoms with Gasteiger partial charge in [0, 0.05) is 37.3 Å². The number of ether oxygens (including phenoxy) is 1. The van der Waals surface area contributed by atoms with Gasteiger partial charge in [0.1, 0.15) is 5.75 Å². The van der Waals surface area contributed by atoms with Gasteiger partial charge in [-0.05, 0) is 74.2 Å². The number of carbonyl (C=O) groups excluding carboxylic acids is 1. The van der Waals surface area contributed by atoms with Crippen LogP contribution in [-0.2, 0) is 4.79 Å². The normalized spacial score (nSPS) is 15.4. The van der Waals surface area contributed by atoms with Gasteiger partial charge in [-0.1, -0.05) is 23.7 Å². The van der Waals surface area contributed by atoms with Crippen molar-refractivity contribution in [3.05, 3.63) is 64.7 Å². The summed E-state index contributed by atoms with van der Waals surface area (Å²) in [6.07, 6.45) is 0.329. The Bertz CT molecular complexity index is 1080. The Balaban J connectivity index is 1.37. The summed E-state index contributed by atoms with van der Waals surface area (Å²) in [6, 6.07) is 15.6. The first kappa shape index (κ1) is 22.2. The van der Waals surface area contributed by atoms with Crippen LogP contribution in [0.1, 0.15) is 24.5 Å². The van der Waals surface area contributed by atoms with Crippen LogP contribution in [-0.4, -0.2) is 53.3 Å². The van der Waals surface area contributed by atoms with E-state index in [-0.39, 0.29) is 5.91 Å². The average molecular weight is 453 g/mol. The molecule has 6 nitrogen and oxygen atoms in total. The molecule has 1 saturated heterocycles. The monoisotopic (exact) mass is 452 g/mol. The predicted octanol–water partition coefficient (Wildman–Crippen LogP) is 4.85. The van der Waals surface area contributed by atoms with E-state index < -0.39 is 6.10 Å². The second-order valence-corrected chi connectivity index (χ2v) is 8.76. The second-order valence-electron chi connectivity index (χ2n) is 8.32. The number of nitrogens with zero attached hydrogens (tertiary/aromatic N) is 3. The zero-order valence-electron chi connectivity index (χ0n) is 18.8. The first-order valence-corrected chi connectivity index (χ1v) is 11.4. The summed E-state index contributed by atoms with van der Waals surface area (Å²) >= 11 is 5.92. The van der Waals surface area contributed by atoms with Crippen molar-refractivity contribution in [2.24, 2.45) is 0 Å². The number of H-pyrrole nitrogens is 1. The minimum atomic E-state index is -0.551. The Morgan fingerprint density at radius 3 is 2.56 bits per heavy atom. The highest BCUT2D eigenvalue weighted by atomic mass is 35.5. The number of carbonyl (C=O) groups is 1. The molecule has 1 amide bonds. The van der Waals surface area contributed by atoms with Gasteiger partial charge < -0.3 is 14.5 Å². The average Bonchev–Trinajstić information content (AvgIpc) is 3.15. The fourth-order valence-corrected chi connectivity index (χ4v) is 4.05. The molecule has 1 aromatic heterocycles. The highest BCUT2D eigenvalue weighted by Gasteiger charge is 2.25. The van der Waals surface area contributed by atoms with Gasteiger partial charge >= 0.3 is 0 Å². The van der Waals surface area contributed by atoms with Crippen LogP contribution in [0.15, 0.2) is 48.5 Å². The first-order chi connectivity index (χ1) is 15.4. The lowest BCUT2D eigenvalue weighted by Crippen LogP contribution is -2.42. The topological polar surface area (TPSA) is 61.5 Å². The summed E-state index contributed by atoms with van der Waals surface area (Å²) in [5.41, 5.74) is 4.68. The van der Waals surface area contributed by atoms with Crippen molar-refractivity contribution in [2.45, 2.75) is 33.3 Å². The molecule has 0 bridgehead atoms. The Hall–Kier alpha value is -2.99. The number of nitrogens with one attached hydrogen (secondary N) is 1. The van der Waals surface area contributed by atoms with Crippen molar-refractivity contribution in [3.63, 3.8) is 0 Å². The highest BCUT2D eigenvalue weighted by Crippen LogP contribution is 2.25. The third-order valence-electron chi connectivity index (χ3n) is 5.99. The molecule has 1 N–H and O–H groups in total. The third-order valence-corrected chi connectivity index (χ3v) is 6.24. The molecule has 0 unspecified atom stereocenters. The maximum Gasteiger partial charge on any atom is 0.263 e. The molecule has 3 aromatic rings. The van der Waals surface area contributed by atoms with Crippen LogP contribution in [0.5, 0.6) is 5.75 Å². The second kappa shape index (κ2) is 9.65. The summed E-state index contributed by atoms with van der Waals surface area (Å²) in [5.74, 6) is 1.56. The maximum atomic E-state index is 12.9. The SMILES string of the molecule is Cc1ccc(-c2cc(N3CCCN(C(=O)[C@H](C)Oc4ccc(Cl)cc4)CC3)n[nH]2)cc1C. The van der Waals surface area contributed by atoms with Crippen molar-refractivity contribution in [2.75, 3.05) is 31.1 Å². The largest absolute Gasteiger partial charge is 0.481 e. The first-order valence-electron chi connectivity index (χ1n) is 11.0. The lowest BCUT2D eigenvalue weighted by Gasteiger charge is -2.25. The summed E-state index contributed by atoms with van der Waals surface area (Å²) < 4.78 is 5.83. The lowest BCUT2D eigenvalue weighted by atomic mass is 10.0. The van der Waals surface area contributed by atoms with Gasteiger partial charge in [0.05, 0.1) is 5.69 Å². The zero-order valence-corrected chi connectivity index (χ0v) is 19.5. The van der Waals surface area contributed by atoms with Crippen LogP contribution < -0.4 is 9.64 Å². The molecule has 0 aliphatic carbocycles. The van der Waals surface area contributed by atoms with E-state index in [4.69, 9.17) is 16.3 Å². The van der Waals surface area contributed by atoms with Crippen LogP contribution in [0.2, 0.25) is 5.02 Å². The van der Waals surface area contributed by atoms with Crippen LogP contribution in [0, 0.1) is 13.8 Å². The lowest BCUT2D eigenvalue weighted by molar-refractivity contribution is -0.137. The van der Waals surface area contributed by atoms with Crippen molar-refractivity contribution in [1.82, 2.24) is 15.1 Å². The molecule has 1 aliphatic rings. The van der Waals surface area contributed by atoms with Crippen molar-refractivity contribution >= 4 is 23.3 Å². The number of halogens is 1. The minimum Gasteiger partial charge on any atom is -0.481 e. The zero-order chi connectivity index (χ0) is 22.7. The van der Waals surface area contributed by atoms with Crippen LogP contribution in [0.3, 0.4) is 0 Å². The third kappa shape index (κ3) is 5.07. The molecule has 2 aromatic carbocycles. The molecule has 0 saturated carbocycles. The Labute approximate surface area is 194 Å². The Morgan fingerprint density at radius 1 is 1.03 bits per heavy atom. The molecule has 1 aliphatic heterocycles. The molecule has 168 valence electrons. The molecule has 0 radical (unpaired) electrons. The molecular weight excluding hydrogens is 424 g/mol. The number of aromatic nitrogens is 2. The van der Waals surface area contributed by atoms with Crippen molar-refractivity contribution in [3.8, 4) is 17.0 Å². The van der Waals surface area contributed by atoms with E-state index in [1.165, 1.54) is 11.1 Å². The van der Waals surface area contributed by atoms with Gasteiger partial charge in [0.2, 0.25) is 0 Å². The minimum absolute atomic E-state index is 0.000326. The summed E-state index contributed by atoms with van der Waals surface area (Å²) in [6.45, 7) is 8.96. The van der Waals surface area contributed by atoms with Gasteiger partial charge in [-0.3, -0.25) is 9.89 Å². The quantitative estimate of drug-likeness (QED) is 0.601. The van der Waals surface area contributed by atoms with Crippen molar-refractivity contribution < 1.29 is 9.53 Å². The van der Waals surface area contributed by atoms with E-state index in [0.29, 0.717) is 23.9 Å². The van der Waals surface area contributed by atoms with Gasteiger partial charge in [0.15, 0.2) is 11.9 Å². The van der Waals surface area contributed by atoms with E-state index in [0.717, 1.165) is 36.6 Å². The number of aryl methyl sites for hydroxylation is 2. The molecule has 4 rings (SSSR count). The smallest absolute Gasteiger partial charge is 0.263 e. The number of benzene rings is 2. The van der Waals surface area contributed by atoms with E-state index >= 15 is 0 Å². The van der Waals surface area contributed by atoms with Gasteiger partial charge in [-0.15, -0.1) is 0 Å². The molecule has 1 atom stereocenters. The number of rotatable bonds is 5. The predicted molar refractivity (Wildman–Crippen MR) is 128 cm³/mol. The molecule has 1 fully saturated rings. The van der Waals surface area contributed by atoms with Crippen LogP contribution in [0.4, 0.5) is 5.82 Å².